The number of aliphatic imine (C=N–C) groups is 1. The number of hydrogen-bond donors (Lipinski definition) is 2. The Morgan fingerprint density at radius 2 is 2.24 bits per heavy atom. The van der Waals surface area contributed by atoms with E-state index < -0.39 is 0 Å². The van der Waals surface area contributed by atoms with Gasteiger partial charge in [0.05, 0.1) is 6.26 Å². The Kier molecular flexibility index (Phi) is 8.93. The van der Waals surface area contributed by atoms with E-state index in [1.54, 1.807) is 6.26 Å². The van der Waals surface area contributed by atoms with Gasteiger partial charge in [0.15, 0.2) is 5.96 Å². The van der Waals surface area contributed by atoms with Crippen LogP contribution < -0.4 is 10.6 Å². The lowest BCUT2D eigenvalue weighted by Gasteiger charge is -2.15. The van der Waals surface area contributed by atoms with Crippen LogP contribution in [-0.4, -0.2) is 18.5 Å². The molecule has 1 unspecified atom stereocenters. The summed E-state index contributed by atoms with van der Waals surface area (Å²) >= 11 is 0. The minimum atomic E-state index is 0. The normalized spacial score (nSPS) is 12.8. The zero-order chi connectivity index (χ0) is 11.8. The first-order valence-electron chi connectivity index (χ1n) is 5.83. The Morgan fingerprint density at radius 1 is 1.47 bits per heavy atom. The monoisotopic (exact) mass is 351 g/mol. The highest BCUT2D eigenvalue weighted by atomic mass is 127. The van der Waals surface area contributed by atoms with Crippen molar-refractivity contribution >= 4 is 29.9 Å². The molecule has 0 aliphatic heterocycles. The molecular weight excluding hydrogens is 329 g/mol. The van der Waals surface area contributed by atoms with Gasteiger partial charge in [-0.25, -0.2) is 4.99 Å². The molecule has 0 aliphatic rings. The Balaban J connectivity index is 0.00000256. The van der Waals surface area contributed by atoms with E-state index in [0.717, 1.165) is 24.7 Å². The molecule has 1 rings (SSSR count). The fourth-order valence-corrected chi connectivity index (χ4v) is 1.21. The second kappa shape index (κ2) is 9.32. The summed E-state index contributed by atoms with van der Waals surface area (Å²) in [5, 5.41) is 6.53. The maximum Gasteiger partial charge on any atom is 0.191 e. The van der Waals surface area contributed by atoms with Gasteiger partial charge in [0.1, 0.15) is 12.3 Å². The fourth-order valence-electron chi connectivity index (χ4n) is 1.21. The summed E-state index contributed by atoms with van der Waals surface area (Å²) in [4.78, 5) is 4.44. The number of guanidine groups is 1. The minimum Gasteiger partial charge on any atom is -0.467 e. The maximum absolute atomic E-state index is 5.23. The highest BCUT2D eigenvalue weighted by Gasteiger charge is 2.02. The molecule has 0 amide bonds. The molecule has 98 valence electrons. The van der Waals surface area contributed by atoms with Gasteiger partial charge >= 0.3 is 0 Å². The number of halogens is 1. The molecule has 0 aliphatic carbocycles. The van der Waals surface area contributed by atoms with Gasteiger partial charge in [0, 0.05) is 12.6 Å². The van der Waals surface area contributed by atoms with Gasteiger partial charge in [-0.3, -0.25) is 0 Å². The molecule has 5 heteroatoms. The van der Waals surface area contributed by atoms with Crippen molar-refractivity contribution in [1.82, 2.24) is 10.6 Å². The van der Waals surface area contributed by atoms with Crippen LogP contribution >= 0.6 is 24.0 Å². The third-order valence-electron chi connectivity index (χ3n) is 2.31. The Morgan fingerprint density at radius 3 is 2.76 bits per heavy atom. The van der Waals surface area contributed by atoms with Crippen LogP contribution in [0.1, 0.15) is 33.0 Å². The molecule has 0 saturated carbocycles. The summed E-state index contributed by atoms with van der Waals surface area (Å²) in [5.41, 5.74) is 0. The smallest absolute Gasteiger partial charge is 0.191 e. The van der Waals surface area contributed by atoms with E-state index in [0.29, 0.717) is 12.6 Å². The Hall–Kier alpha value is -0.720. The first-order valence-corrected chi connectivity index (χ1v) is 5.83. The highest BCUT2D eigenvalue weighted by Crippen LogP contribution is 2.01. The van der Waals surface area contributed by atoms with Crippen LogP contribution in [0.4, 0.5) is 0 Å². The number of nitrogens with zero attached hydrogens (tertiary/aromatic N) is 1. The molecule has 0 spiro atoms. The van der Waals surface area contributed by atoms with E-state index in [4.69, 9.17) is 4.42 Å². The van der Waals surface area contributed by atoms with Crippen molar-refractivity contribution < 1.29 is 4.42 Å². The second-order valence-electron chi connectivity index (χ2n) is 3.73. The maximum atomic E-state index is 5.23. The number of furan rings is 1. The topological polar surface area (TPSA) is 49.6 Å². The molecule has 0 fully saturated rings. The van der Waals surface area contributed by atoms with Gasteiger partial charge < -0.3 is 15.1 Å². The van der Waals surface area contributed by atoms with Crippen LogP contribution in [0, 0.1) is 0 Å². The van der Waals surface area contributed by atoms with Gasteiger partial charge in [-0.2, -0.15) is 0 Å². The SMILES string of the molecule is CCNC(=NCc1ccco1)NC(C)CC.I. The first kappa shape index (κ1) is 16.3. The van der Waals surface area contributed by atoms with E-state index in [1.807, 2.05) is 12.1 Å². The molecule has 0 aromatic carbocycles. The van der Waals surface area contributed by atoms with Crippen LogP contribution in [0.15, 0.2) is 27.8 Å². The summed E-state index contributed by atoms with van der Waals surface area (Å²) in [6, 6.07) is 4.23. The van der Waals surface area contributed by atoms with Crippen molar-refractivity contribution in [2.45, 2.75) is 39.8 Å². The third-order valence-corrected chi connectivity index (χ3v) is 2.31. The molecule has 17 heavy (non-hydrogen) atoms. The number of hydrogen-bond acceptors (Lipinski definition) is 2. The van der Waals surface area contributed by atoms with Crippen LogP contribution in [0.5, 0.6) is 0 Å². The highest BCUT2D eigenvalue weighted by molar-refractivity contribution is 14.0. The van der Waals surface area contributed by atoms with Gasteiger partial charge in [-0.05, 0) is 32.4 Å². The molecule has 0 radical (unpaired) electrons. The molecule has 2 N–H and O–H groups in total. The van der Waals surface area contributed by atoms with Crippen LogP contribution in [-0.2, 0) is 6.54 Å². The molecule has 4 nitrogen and oxygen atoms in total. The standard InChI is InChI=1S/C12H21N3O.HI/c1-4-10(3)15-12(13-5-2)14-9-11-7-6-8-16-11;/h6-8,10H,4-5,9H2,1-3H3,(H2,13,14,15);1H. The third kappa shape index (κ3) is 6.55. The lowest BCUT2D eigenvalue weighted by Crippen LogP contribution is -2.41. The summed E-state index contributed by atoms with van der Waals surface area (Å²) < 4.78 is 5.23. The predicted molar refractivity (Wildman–Crippen MR) is 81.8 cm³/mol. The fraction of sp³-hybridized carbons (Fsp3) is 0.583. The molecule has 1 aromatic rings. The lowest BCUT2D eigenvalue weighted by molar-refractivity contribution is 0.511. The van der Waals surface area contributed by atoms with E-state index in [9.17, 15) is 0 Å². The van der Waals surface area contributed by atoms with Crippen molar-refractivity contribution in [1.29, 1.82) is 0 Å². The van der Waals surface area contributed by atoms with E-state index in [1.165, 1.54) is 0 Å². The first-order chi connectivity index (χ1) is 7.76. The Bertz CT molecular complexity index is 312. The van der Waals surface area contributed by atoms with Crippen LogP contribution in [0.3, 0.4) is 0 Å². The summed E-state index contributed by atoms with van der Waals surface area (Å²) in [6.45, 7) is 7.77. The molecule has 1 aromatic heterocycles. The van der Waals surface area contributed by atoms with Crippen molar-refractivity contribution in [3.8, 4) is 0 Å². The molecule has 0 saturated heterocycles. The van der Waals surface area contributed by atoms with Crippen molar-refractivity contribution in [2.24, 2.45) is 4.99 Å². The zero-order valence-corrected chi connectivity index (χ0v) is 13.0. The second-order valence-corrected chi connectivity index (χ2v) is 3.73. The summed E-state index contributed by atoms with van der Waals surface area (Å²) in [6.07, 6.45) is 2.74. The van der Waals surface area contributed by atoms with Gasteiger partial charge in [0.25, 0.3) is 0 Å². The molecule has 1 heterocycles. The Labute approximate surface area is 120 Å². The molecule has 1 atom stereocenters. The molecule has 0 bridgehead atoms. The quantitative estimate of drug-likeness (QED) is 0.487. The largest absolute Gasteiger partial charge is 0.467 e. The van der Waals surface area contributed by atoms with E-state index in [2.05, 4.69) is 36.4 Å². The minimum absolute atomic E-state index is 0. The van der Waals surface area contributed by atoms with E-state index >= 15 is 0 Å². The average Bonchev–Trinajstić information content (AvgIpc) is 2.79. The van der Waals surface area contributed by atoms with Gasteiger partial charge in [-0.1, -0.05) is 6.92 Å². The van der Waals surface area contributed by atoms with Crippen molar-refractivity contribution in [2.75, 3.05) is 6.54 Å². The van der Waals surface area contributed by atoms with Gasteiger partial charge in [0.2, 0.25) is 0 Å². The van der Waals surface area contributed by atoms with Gasteiger partial charge in [-0.15, -0.1) is 24.0 Å². The number of nitrogens with one attached hydrogen (secondary N) is 2. The summed E-state index contributed by atoms with van der Waals surface area (Å²) in [7, 11) is 0. The lowest BCUT2D eigenvalue weighted by atomic mass is 10.3. The van der Waals surface area contributed by atoms with E-state index in [-0.39, 0.29) is 24.0 Å². The molecular formula is C12H22IN3O. The van der Waals surface area contributed by atoms with Crippen molar-refractivity contribution in [3.63, 3.8) is 0 Å². The van der Waals surface area contributed by atoms with Crippen molar-refractivity contribution in [3.05, 3.63) is 24.2 Å². The number of rotatable bonds is 5. The van der Waals surface area contributed by atoms with Crippen LogP contribution in [0.2, 0.25) is 0 Å². The average molecular weight is 351 g/mol. The predicted octanol–water partition coefficient (Wildman–Crippen LogP) is 2.75. The van der Waals surface area contributed by atoms with Crippen LogP contribution in [0.25, 0.3) is 0 Å². The summed E-state index contributed by atoms with van der Waals surface area (Å²) in [5.74, 6) is 1.72. The zero-order valence-electron chi connectivity index (χ0n) is 10.7.